The summed E-state index contributed by atoms with van der Waals surface area (Å²) in [6, 6.07) is 7.11. The van der Waals surface area contributed by atoms with Crippen molar-refractivity contribution in [3.63, 3.8) is 0 Å². The summed E-state index contributed by atoms with van der Waals surface area (Å²) in [6.07, 6.45) is 4.30. The number of hydrogen-bond acceptors (Lipinski definition) is 5. The van der Waals surface area contributed by atoms with Crippen LogP contribution in [0, 0.1) is 0 Å². The molecule has 6 rings (SSSR count). The van der Waals surface area contributed by atoms with Crippen molar-refractivity contribution in [2.75, 3.05) is 0 Å². The average Bonchev–Trinajstić information content (AvgIpc) is 2.97. The Morgan fingerprint density at radius 1 is 1.11 bits per heavy atom. The van der Waals surface area contributed by atoms with Crippen LogP contribution in [0.4, 0.5) is 0 Å². The van der Waals surface area contributed by atoms with E-state index in [1.807, 2.05) is 12.1 Å². The second kappa shape index (κ2) is 6.42. The van der Waals surface area contributed by atoms with E-state index in [0.29, 0.717) is 36.7 Å². The van der Waals surface area contributed by atoms with Crippen molar-refractivity contribution in [2.24, 2.45) is 0 Å². The van der Waals surface area contributed by atoms with Crippen LogP contribution in [0.15, 0.2) is 18.2 Å². The van der Waals surface area contributed by atoms with Crippen LogP contribution in [-0.2, 0) is 22.7 Å². The summed E-state index contributed by atoms with van der Waals surface area (Å²) >= 11 is 0. The molecule has 0 radical (unpaired) electrons. The summed E-state index contributed by atoms with van der Waals surface area (Å²) in [5.41, 5.74) is 2.83. The summed E-state index contributed by atoms with van der Waals surface area (Å²) in [5.74, 6) is -0.726. The lowest BCUT2D eigenvalue weighted by molar-refractivity contribution is -0.136. The van der Waals surface area contributed by atoms with Crippen LogP contribution in [0.5, 0.6) is 0 Å². The van der Waals surface area contributed by atoms with E-state index in [4.69, 9.17) is 0 Å². The second-order valence-corrected chi connectivity index (χ2v) is 8.19. The third kappa shape index (κ3) is 2.95. The number of imide groups is 1. The number of hydrogen-bond donors (Lipinski definition) is 3. The van der Waals surface area contributed by atoms with E-state index in [2.05, 4.69) is 22.0 Å². The van der Waals surface area contributed by atoms with Crippen LogP contribution in [-0.4, -0.2) is 46.8 Å². The number of piperidine rings is 2. The highest BCUT2D eigenvalue weighted by molar-refractivity contribution is 6.05. The van der Waals surface area contributed by atoms with Crippen molar-refractivity contribution in [1.82, 2.24) is 20.9 Å². The van der Waals surface area contributed by atoms with E-state index in [9.17, 15) is 14.4 Å². The van der Waals surface area contributed by atoms with Gasteiger partial charge >= 0.3 is 0 Å². The second-order valence-electron chi connectivity index (χ2n) is 8.19. The van der Waals surface area contributed by atoms with Gasteiger partial charge in [0.1, 0.15) is 6.04 Å². The molecule has 5 aliphatic rings. The van der Waals surface area contributed by atoms with Gasteiger partial charge in [0.15, 0.2) is 0 Å². The molecule has 1 aromatic rings. The van der Waals surface area contributed by atoms with Crippen LogP contribution in [0.3, 0.4) is 0 Å². The number of benzene rings is 1. The lowest BCUT2D eigenvalue weighted by Crippen LogP contribution is -2.61. The van der Waals surface area contributed by atoms with Crippen molar-refractivity contribution < 1.29 is 14.4 Å². The molecule has 27 heavy (non-hydrogen) atoms. The molecule has 3 N–H and O–H groups in total. The fraction of sp³-hybridized carbons (Fsp3) is 0.550. The Morgan fingerprint density at radius 2 is 1.89 bits per heavy atom. The highest BCUT2D eigenvalue weighted by Crippen LogP contribution is 2.31. The Bertz CT molecular complexity index is 807. The SMILES string of the molecule is O=C1CCC(N2Cc3c(CNC4C[C@@H]5C[C@H](C4)N5)cccc3C2=O)C(=O)N1. The molecule has 1 saturated carbocycles. The molecule has 7 heteroatoms. The quantitative estimate of drug-likeness (QED) is 0.671. The maximum Gasteiger partial charge on any atom is 0.255 e. The largest absolute Gasteiger partial charge is 0.322 e. The molecule has 4 atom stereocenters. The van der Waals surface area contributed by atoms with Gasteiger partial charge in [-0.25, -0.2) is 0 Å². The first-order valence-electron chi connectivity index (χ1n) is 9.83. The molecule has 4 aliphatic heterocycles. The minimum atomic E-state index is -0.556. The van der Waals surface area contributed by atoms with Crippen LogP contribution in [0.25, 0.3) is 0 Å². The molecule has 4 heterocycles. The van der Waals surface area contributed by atoms with E-state index in [-0.39, 0.29) is 24.1 Å². The summed E-state index contributed by atoms with van der Waals surface area (Å²) in [6.45, 7) is 1.18. The molecule has 1 aromatic carbocycles. The number of carbonyl (C=O) groups is 3. The Hall–Kier alpha value is -2.25. The first-order valence-corrected chi connectivity index (χ1v) is 9.83. The van der Waals surface area contributed by atoms with Gasteiger partial charge in [0.05, 0.1) is 0 Å². The fourth-order valence-electron chi connectivity index (χ4n) is 5.00. The molecule has 142 valence electrons. The molecule has 7 nitrogen and oxygen atoms in total. The van der Waals surface area contributed by atoms with Crippen LogP contribution < -0.4 is 16.0 Å². The predicted octanol–water partition coefficient (Wildman–Crippen LogP) is 0.430. The van der Waals surface area contributed by atoms with Gasteiger partial charge < -0.3 is 15.5 Å². The molecule has 1 aliphatic carbocycles. The topological polar surface area (TPSA) is 90.5 Å². The number of nitrogens with one attached hydrogen (secondary N) is 3. The Morgan fingerprint density at radius 3 is 2.63 bits per heavy atom. The van der Waals surface area contributed by atoms with Gasteiger partial charge in [0.2, 0.25) is 11.8 Å². The predicted molar refractivity (Wildman–Crippen MR) is 97.7 cm³/mol. The molecular weight excluding hydrogens is 344 g/mol. The minimum absolute atomic E-state index is 0.107. The van der Waals surface area contributed by atoms with Crippen LogP contribution >= 0.6 is 0 Å². The van der Waals surface area contributed by atoms with E-state index in [0.717, 1.165) is 30.5 Å². The summed E-state index contributed by atoms with van der Waals surface area (Å²) in [4.78, 5) is 38.1. The third-order valence-electron chi connectivity index (χ3n) is 6.44. The standard InChI is InChI=1S/C20H24N4O3/c25-18-5-4-17(19(26)23-18)24-10-16-11(2-1-3-15(16)20(24)27)9-21-12-6-13-8-14(7-12)22-13/h1-3,12-14,17,21-22H,4-10H2,(H,23,25,26)/t12?,13-,14+,17?. The Kier molecular flexibility index (Phi) is 4.02. The average molecular weight is 368 g/mol. The molecule has 3 saturated heterocycles. The first kappa shape index (κ1) is 16.9. The van der Waals surface area contributed by atoms with E-state index < -0.39 is 6.04 Å². The number of amides is 3. The van der Waals surface area contributed by atoms with Crippen molar-refractivity contribution in [2.45, 2.75) is 69.4 Å². The summed E-state index contributed by atoms with van der Waals surface area (Å²) in [5, 5.41) is 9.56. The monoisotopic (exact) mass is 368 g/mol. The number of carbonyl (C=O) groups excluding carboxylic acids is 3. The van der Waals surface area contributed by atoms with Gasteiger partial charge in [0.25, 0.3) is 5.91 Å². The van der Waals surface area contributed by atoms with E-state index in [1.165, 1.54) is 6.42 Å². The van der Waals surface area contributed by atoms with E-state index in [1.54, 1.807) is 4.90 Å². The van der Waals surface area contributed by atoms with Gasteiger partial charge in [-0.15, -0.1) is 0 Å². The maximum absolute atomic E-state index is 12.9. The van der Waals surface area contributed by atoms with Gasteiger partial charge in [0, 0.05) is 43.2 Å². The molecule has 3 amide bonds. The highest BCUT2D eigenvalue weighted by Gasteiger charge is 2.40. The van der Waals surface area contributed by atoms with Gasteiger partial charge in [-0.3, -0.25) is 19.7 Å². The number of rotatable bonds is 4. The van der Waals surface area contributed by atoms with Gasteiger partial charge in [-0.1, -0.05) is 12.1 Å². The zero-order valence-electron chi connectivity index (χ0n) is 15.2. The molecular formula is C20H24N4O3. The zero-order chi connectivity index (χ0) is 18.5. The lowest BCUT2D eigenvalue weighted by Gasteiger charge is -2.46. The van der Waals surface area contributed by atoms with Crippen LogP contribution in [0.2, 0.25) is 0 Å². The summed E-state index contributed by atoms with van der Waals surface area (Å²) in [7, 11) is 0. The fourth-order valence-corrected chi connectivity index (χ4v) is 5.00. The smallest absolute Gasteiger partial charge is 0.255 e. The molecule has 2 unspecified atom stereocenters. The number of fused-ring (bicyclic) bond motifs is 3. The maximum atomic E-state index is 12.9. The molecule has 0 spiro atoms. The number of nitrogens with zero attached hydrogens (tertiary/aromatic N) is 1. The minimum Gasteiger partial charge on any atom is -0.322 e. The molecule has 0 aromatic heterocycles. The Balaban J connectivity index is 1.30. The van der Waals surface area contributed by atoms with E-state index >= 15 is 0 Å². The zero-order valence-corrected chi connectivity index (χ0v) is 15.2. The van der Waals surface area contributed by atoms with Crippen molar-refractivity contribution in [3.8, 4) is 0 Å². The summed E-state index contributed by atoms with van der Waals surface area (Å²) < 4.78 is 0. The van der Waals surface area contributed by atoms with Crippen LogP contribution in [0.1, 0.15) is 53.6 Å². The van der Waals surface area contributed by atoms with Gasteiger partial charge in [-0.2, -0.15) is 0 Å². The molecule has 4 fully saturated rings. The highest BCUT2D eigenvalue weighted by atomic mass is 16.2. The lowest BCUT2D eigenvalue weighted by atomic mass is 9.79. The normalized spacial score (nSPS) is 32.1. The van der Waals surface area contributed by atoms with Crippen molar-refractivity contribution in [1.29, 1.82) is 0 Å². The molecule has 2 bridgehead atoms. The third-order valence-corrected chi connectivity index (χ3v) is 6.44. The van der Waals surface area contributed by atoms with Crippen molar-refractivity contribution >= 4 is 17.7 Å². The first-order chi connectivity index (χ1) is 13.1. The Labute approximate surface area is 157 Å². The van der Waals surface area contributed by atoms with Crippen molar-refractivity contribution in [3.05, 3.63) is 34.9 Å². The van der Waals surface area contributed by atoms with Gasteiger partial charge in [-0.05, 0) is 42.9 Å².